The SMILES string of the molecule is O=C(O)CC=Cc1cc(F)c([N+](=O)[O-])cc1F. The number of carbonyl (C=O) groups is 1. The molecule has 0 amide bonds. The molecule has 0 atom stereocenters. The largest absolute Gasteiger partial charge is 0.481 e. The maximum absolute atomic E-state index is 13.2. The number of hydrogen-bond donors (Lipinski definition) is 1. The van der Waals surface area contributed by atoms with Crippen LogP contribution in [-0.2, 0) is 4.79 Å². The van der Waals surface area contributed by atoms with Crippen LogP contribution in [0.1, 0.15) is 12.0 Å². The van der Waals surface area contributed by atoms with E-state index in [2.05, 4.69) is 0 Å². The molecule has 0 fully saturated rings. The average Bonchev–Trinajstić information content (AvgIpc) is 2.21. The molecule has 1 rings (SSSR count). The zero-order chi connectivity index (χ0) is 13.0. The number of nitro groups is 1. The van der Waals surface area contributed by atoms with Gasteiger partial charge < -0.3 is 5.11 Å². The Hall–Kier alpha value is -2.31. The van der Waals surface area contributed by atoms with E-state index in [4.69, 9.17) is 5.11 Å². The van der Waals surface area contributed by atoms with E-state index in [1.165, 1.54) is 0 Å². The lowest BCUT2D eigenvalue weighted by Gasteiger charge is -1.98. The highest BCUT2D eigenvalue weighted by Crippen LogP contribution is 2.22. The molecule has 0 spiro atoms. The number of carboxylic acid groups (broad SMARTS) is 1. The fourth-order valence-electron chi connectivity index (χ4n) is 1.11. The van der Waals surface area contributed by atoms with Gasteiger partial charge in [-0.25, -0.2) is 4.39 Å². The lowest BCUT2D eigenvalue weighted by molar-refractivity contribution is -0.387. The molecule has 0 aliphatic heterocycles. The van der Waals surface area contributed by atoms with Gasteiger partial charge in [0.1, 0.15) is 5.82 Å². The fourth-order valence-corrected chi connectivity index (χ4v) is 1.11. The summed E-state index contributed by atoms with van der Waals surface area (Å²) in [5.41, 5.74) is -1.20. The van der Waals surface area contributed by atoms with E-state index in [1.54, 1.807) is 0 Å². The third-order valence-electron chi connectivity index (χ3n) is 1.85. The number of benzene rings is 1. The summed E-state index contributed by atoms with van der Waals surface area (Å²) in [6, 6.07) is 1.10. The Morgan fingerprint density at radius 1 is 1.41 bits per heavy atom. The van der Waals surface area contributed by atoms with Gasteiger partial charge in [-0.2, -0.15) is 4.39 Å². The topological polar surface area (TPSA) is 80.4 Å². The molecule has 0 saturated carbocycles. The standard InChI is InChI=1S/C10H7F2NO4/c11-7-5-9(13(16)17)8(12)4-6(7)2-1-3-10(14)15/h1-2,4-5H,3H2,(H,14,15). The first-order chi connectivity index (χ1) is 7.91. The lowest BCUT2D eigenvalue weighted by Crippen LogP contribution is -1.96. The minimum absolute atomic E-state index is 0.241. The van der Waals surface area contributed by atoms with E-state index in [9.17, 15) is 23.7 Å². The van der Waals surface area contributed by atoms with Crippen molar-refractivity contribution in [1.82, 2.24) is 0 Å². The number of nitro benzene ring substituents is 1. The van der Waals surface area contributed by atoms with Gasteiger partial charge in [0, 0.05) is 5.56 Å². The highest BCUT2D eigenvalue weighted by molar-refractivity contribution is 5.70. The van der Waals surface area contributed by atoms with Gasteiger partial charge in [0.05, 0.1) is 17.4 Å². The molecule has 0 unspecified atom stereocenters. The van der Waals surface area contributed by atoms with Gasteiger partial charge in [-0.3, -0.25) is 14.9 Å². The molecule has 0 heterocycles. The van der Waals surface area contributed by atoms with Crippen LogP contribution in [0.2, 0.25) is 0 Å². The summed E-state index contributed by atoms with van der Waals surface area (Å²) in [4.78, 5) is 19.4. The van der Waals surface area contributed by atoms with Gasteiger partial charge in [0.25, 0.3) is 0 Å². The van der Waals surface area contributed by atoms with E-state index >= 15 is 0 Å². The summed E-state index contributed by atoms with van der Waals surface area (Å²) in [5.74, 6) is -3.28. The quantitative estimate of drug-likeness (QED) is 0.650. The molecule has 5 nitrogen and oxygen atoms in total. The van der Waals surface area contributed by atoms with Crippen molar-refractivity contribution in [3.05, 3.63) is 45.5 Å². The third-order valence-corrected chi connectivity index (χ3v) is 1.85. The van der Waals surface area contributed by atoms with Crippen LogP contribution in [0.5, 0.6) is 0 Å². The molecule has 90 valence electrons. The van der Waals surface area contributed by atoms with E-state index in [0.29, 0.717) is 12.1 Å². The molecule has 0 aromatic heterocycles. The molecular formula is C10H7F2NO4. The number of halogens is 2. The Bertz CT molecular complexity index is 499. The van der Waals surface area contributed by atoms with E-state index in [1.807, 2.05) is 0 Å². The van der Waals surface area contributed by atoms with Crippen molar-refractivity contribution in [3.8, 4) is 0 Å². The Morgan fingerprint density at radius 2 is 2.06 bits per heavy atom. The molecule has 17 heavy (non-hydrogen) atoms. The van der Waals surface area contributed by atoms with Crippen molar-refractivity contribution in [2.45, 2.75) is 6.42 Å². The maximum atomic E-state index is 13.2. The van der Waals surface area contributed by atoms with E-state index in [-0.39, 0.29) is 12.0 Å². The van der Waals surface area contributed by atoms with Crippen LogP contribution in [0.3, 0.4) is 0 Å². The Morgan fingerprint density at radius 3 is 2.59 bits per heavy atom. The van der Waals surface area contributed by atoms with Crippen LogP contribution in [0, 0.1) is 21.7 Å². The molecule has 1 aromatic carbocycles. The van der Waals surface area contributed by atoms with Crippen molar-refractivity contribution in [1.29, 1.82) is 0 Å². The number of carboxylic acids is 1. The van der Waals surface area contributed by atoms with Gasteiger partial charge in [-0.15, -0.1) is 0 Å². The van der Waals surface area contributed by atoms with Gasteiger partial charge in [-0.05, 0) is 6.07 Å². The second-order valence-electron chi connectivity index (χ2n) is 3.08. The molecule has 0 aliphatic rings. The summed E-state index contributed by atoms with van der Waals surface area (Å²) < 4.78 is 26.4. The van der Waals surface area contributed by atoms with Crippen LogP contribution >= 0.6 is 0 Å². The zero-order valence-electron chi connectivity index (χ0n) is 8.39. The van der Waals surface area contributed by atoms with Gasteiger partial charge in [0.15, 0.2) is 0 Å². The third kappa shape index (κ3) is 3.33. The second kappa shape index (κ2) is 5.15. The van der Waals surface area contributed by atoms with Crippen molar-refractivity contribution in [2.75, 3.05) is 0 Å². The van der Waals surface area contributed by atoms with Crippen molar-refractivity contribution < 1.29 is 23.6 Å². The first kappa shape index (κ1) is 12.8. The van der Waals surface area contributed by atoms with Crippen molar-refractivity contribution in [2.24, 2.45) is 0 Å². The first-order valence-electron chi connectivity index (χ1n) is 4.43. The smallest absolute Gasteiger partial charge is 0.307 e. The summed E-state index contributed by atoms with van der Waals surface area (Å²) in [6.07, 6.45) is 1.82. The van der Waals surface area contributed by atoms with Gasteiger partial charge >= 0.3 is 11.7 Å². The van der Waals surface area contributed by atoms with Crippen molar-refractivity contribution in [3.63, 3.8) is 0 Å². The van der Waals surface area contributed by atoms with Crippen LogP contribution in [0.15, 0.2) is 18.2 Å². The van der Waals surface area contributed by atoms with Crippen LogP contribution in [0.25, 0.3) is 6.08 Å². The Balaban J connectivity index is 3.03. The first-order valence-corrected chi connectivity index (χ1v) is 4.43. The molecule has 7 heteroatoms. The number of rotatable bonds is 4. The Labute approximate surface area is 94.1 Å². The second-order valence-corrected chi connectivity index (χ2v) is 3.08. The summed E-state index contributed by atoms with van der Waals surface area (Å²) in [7, 11) is 0. The number of hydrogen-bond acceptors (Lipinski definition) is 3. The zero-order valence-corrected chi connectivity index (χ0v) is 8.39. The van der Waals surface area contributed by atoms with E-state index in [0.717, 1.165) is 12.2 Å². The summed E-state index contributed by atoms with van der Waals surface area (Å²) in [6.45, 7) is 0. The minimum Gasteiger partial charge on any atom is -0.481 e. The molecule has 0 radical (unpaired) electrons. The fraction of sp³-hybridized carbons (Fsp3) is 0.100. The molecular weight excluding hydrogens is 236 g/mol. The number of nitrogens with zero attached hydrogens (tertiary/aromatic N) is 1. The molecule has 0 saturated heterocycles. The van der Waals surface area contributed by atoms with Crippen LogP contribution in [0.4, 0.5) is 14.5 Å². The lowest BCUT2D eigenvalue weighted by atomic mass is 10.1. The predicted octanol–water partition coefficient (Wildman–Crippen LogP) is 2.36. The predicted molar refractivity (Wildman–Crippen MR) is 54.3 cm³/mol. The van der Waals surface area contributed by atoms with Crippen molar-refractivity contribution >= 4 is 17.7 Å². The van der Waals surface area contributed by atoms with Crippen LogP contribution in [-0.4, -0.2) is 16.0 Å². The molecule has 1 N–H and O–H groups in total. The van der Waals surface area contributed by atoms with E-state index < -0.39 is 28.2 Å². The summed E-state index contributed by atoms with van der Waals surface area (Å²) in [5, 5.41) is 18.6. The highest BCUT2D eigenvalue weighted by atomic mass is 19.1. The van der Waals surface area contributed by atoms with Gasteiger partial charge in [0.2, 0.25) is 5.82 Å². The van der Waals surface area contributed by atoms with Crippen LogP contribution < -0.4 is 0 Å². The monoisotopic (exact) mass is 243 g/mol. The normalized spacial score (nSPS) is 10.7. The number of aliphatic carboxylic acids is 1. The molecule has 0 bridgehead atoms. The maximum Gasteiger partial charge on any atom is 0.307 e. The summed E-state index contributed by atoms with van der Waals surface area (Å²) >= 11 is 0. The molecule has 0 aliphatic carbocycles. The molecule has 1 aromatic rings. The van der Waals surface area contributed by atoms with Gasteiger partial charge in [-0.1, -0.05) is 12.2 Å². The highest BCUT2D eigenvalue weighted by Gasteiger charge is 2.17. The minimum atomic E-state index is -1.17. The Kier molecular flexibility index (Phi) is 3.86. The average molecular weight is 243 g/mol.